The minimum Gasteiger partial charge on any atom is -0.278 e. The van der Waals surface area contributed by atoms with Crippen LogP contribution in [0.3, 0.4) is 0 Å². The van der Waals surface area contributed by atoms with E-state index in [1.807, 2.05) is 19.1 Å². The van der Waals surface area contributed by atoms with Crippen molar-refractivity contribution in [1.29, 1.82) is 0 Å². The van der Waals surface area contributed by atoms with Crippen molar-refractivity contribution in [3.8, 4) is 11.3 Å². The number of aryl methyl sites for hydroxylation is 1. The Bertz CT molecular complexity index is 409. The van der Waals surface area contributed by atoms with E-state index in [1.165, 1.54) is 0 Å². The monoisotopic (exact) mass is 193 g/mol. The lowest BCUT2D eigenvalue weighted by Gasteiger charge is -1.99. The molecule has 0 bridgehead atoms. The topological polar surface area (TPSA) is 41.6 Å². The predicted molar refractivity (Wildman–Crippen MR) is 51.6 cm³/mol. The van der Waals surface area contributed by atoms with Gasteiger partial charge in [0, 0.05) is 18.0 Å². The van der Waals surface area contributed by atoms with Crippen molar-refractivity contribution in [2.45, 2.75) is 6.92 Å². The predicted octanol–water partition coefficient (Wildman–Crippen LogP) is 2.43. The first kappa shape index (κ1) is 8.26. The second kappa shape index (κ2) is 3.18. The quantitative estimate of drug-likeness (QED) is 0.756. The molecule has 13 heavy (non-hydrogen) atoms. The maximum atomic E-state index is 5.93. The molecule has 2 heterocycles. The summed E-state index contributed by atoms with van der Waals surface area (Å²) < 4.78 is 0. The van der Waals surface area contributed by atoms with Gasteiger partial charge in [-0.05, 0) is 19.1 Å². The molecule has 0 aromatic carbocycles. The van der Waals surface area contributed by atoms with Gasteiger partial charge in [0.15, 0.2) is 0 Å². The molecule has 2 aromatic heterocycles. The molecule has 0 aliphatic rings. The molecule has 0 saturated carbocycles. The number of rotatable bonds is 1. The summed E-state index contributed by atoms with van der Waals surface area (Å²) in [5.41, 5.74) is 2.72. The van der Waals surface area contributed by atoms with Crippen LogP contribution in [0, 0.1) is 6.92 Å². The van der Waals surface area contributed by atoms with Crippen molar-refractivity contribution in [1.82, 2.24) is 15.2 Å². The van der Waals surface area contributed by atoms with E-state index >= 15 is 0 Å². The number of nitrogens with one attached hydrogen (secondary N) is 1. The molecule has 0 radical (unpaired) electrons. The van der Waals surface area contributed by atoms with Crippen molar-refractivity contribution in [3.05, 3.63) is 35.2 Å². The molecule has 2 rings (SSSR count). The first-order valence-corrected chi connectivity index (χ1v) is 4.27. The largest absolute Gasteiger partial charge is 0.278 e. The van der Waals surface area contributed by atoms with Gasteiger partial charge < -0.3 is 0 Å². The standard InChI is InChI=1S/C9H8ClN3/c1-6-8(10)4-7(5-11-6)9-2-3-12-13-9/h2-5H,1H3,(H,12,13). The summed E-state index contributed by atoms with van der Waals surface area (Å²) in [5.74, 6) is 0. The van der Waals surface area contributed by atoms with Crippen LogP contribution < -0.4 is 0 Å². The van der Waals surface area contributed by atoms with Gasteiger partial charge in [-0.3, -0.25) is 10.1 Å². The summed E-state index contributed by atoms with van der Waals surface area (Å²) in [7, 11) is 0. The molecule has 0 aliphatic heterocycles. The average molecular weight is 194 g/mol. The lowest BCUT2D eigenvalue weighted by molar-refractivity contribution is 1.09. The Balaban J connectivity index is 2.49. The van der Waals surface area contributed by atoms with E-state index in [4.69, 9.17) is 11.6 Å². The van der Waals surface area contributed by atoms with Crippen LogP contribution in [0.1, 0.15) is 5.69 Å². The van der Waals surface area contributed by atoms with Crippen molar-refractivity contribution < 1.29 is 0 Å². The zero-order chi connectivity index (χ0) is 9.26. The van der Waals surface area contributed by atoms with Crippen LogP contribution >= 0.6 is 11.6 Å². The SMILES string of the molecule is Cc1ncc(-c2ccn[nH]2)cc1Cl. The van der Waals surface area contributed by atoms with Crippen LogP contribution in [0.2, 0.25) is 5.02 Å². The summed E-state index contributed by atoms with van der Waals surface area (Å²) in [6.07, 6.45) is 3.47. The van der Waals surface area contributed by atoms with Crippen molar-refractivity contribution in [2.75, 3.05) is 0 Å². The Morgan fingerprint density at radius 3 is 2.92 bits per heavy atom. The molecule has 4 heteroatoms. The number of aromatic amines is 1. The van der Waals surface area contributed by atoms with Gasteiger partial charge in [0.05, 0.1) is 16.4 Å². The van der Waals surface area contributed by atoms with Crippen LogP contribution in [0.15, 0.2) is 24.5 Å². The molecule has 0 fully saturated rings. The first-order valence-electron chi connectivity index (χ1n) is 3.89. The number of hydrogen-bond donors (Lipinski definition) is 1. The molecule has 0 atom stereocenters. The third kappa shape index (κ3) is 1.55. The van der Waals surface area contributed by atoms with Crippen molar-refractivity contribution >= 4 is 11.6 Å². The molecular formula is C9H8ClN3. The fraction of sp³-hybridized carbons (Fsp3) is 0.111. The van der Waals surface area contributed by atoms with Crippen LogP contribution in [0.4, 0.5) is 0 Å². The third-order valence-electron chi connectivity index (χ3n) is 1.84. The van der Waals surface area contributed by atoms with Gasteiger partial charge in [0.1, 0.15) is 0 Å². The zero-order valence-electron chi connectivity index (χ0n) is 7.08. The number of halogens is 1. The molecule has 2 aromatic rings. The minimum absolute atomic E-state index is 0.673. The van der Waals surface area contributed by atoms with Gasteiger partial charge in [-0.2, -0.15) is 5.10 Å². The summed E-state index contributed by atoms with van der Waals surface area (Å²) in [6.45, 7) is 1.87. The van der Waals surface area contributed by atoms with E-state index in [-0.39, 0.29) is 0 Å². The van der Waals surface area contributed by atoms with Crippen LogP contribution in [0.25, 0.3) is 11.3 Å². The highest BCUT2D eigenvalue weighted by Gasteiger charge is 2.02. The molecule has 0 amide bonds. The normalized spacial score (nSPS) is 10.3. The van der Waals surface area contributed by atoms with Gasteiger partial charge in [-0.15, -0.1) is 0 Å². The van der Waals surface area contributed by atoms with Gasteiger partial charge in [0.2, 0.25) is 0 Å². The molecule has 66 valence electrons. The van der Waals surface area contributed by atoms with E-state index < -0.39 is 0 Å². The molecule has 0 saturated heterocycles. The van der Waals surface area contributed by atoms with Crippen LogP contribution in [0.5, 0.6) is 0 Å². The van der Waals surface area contributed by atoms with E-state index in [0.29, 0.717) is 5.02 Å². The lowest BCUT2D eigenvalue weighted by Crippen LogP contribution is -1.85. The molecule has 3 nitrogen and oxygen atoms in total. The Morgan fingerprint density at radius 1 is 1.46 bits per heavy atom. The summed E-state index contributed by atoms with van der Waals surface area (Å²) >= 11 is 5.93. The second-order valence-corrected chi connectivity index (χ2v) is 3.17. The number of aromatic nitrogens is 3. The number of nitrogens with zero attached hydrogens (tertiary/aromatic N) is 2. The first-order chi connectivity index (χ1) is 6.27. The highest BCUT2D eigenvalue weighted by Crippen LogP contribution is 2.21. The number of pyridine rings is 1. The van der Waals surface area contributed by atoms with Crippen molar-refractivity contribution in [2.24, 2.45) is 0 Å². The second-order valence-electron chi connectivity index (χ2n) is 2.76. The number of H-pyrrole nitrogens is 1. The highest BCUT2D eigenvalue weighted by molar-refractivity contribution is 6.31. The van der Waals surface area contributed by atoms with Gasteiger partial charge >= 0.3 is 0 Å². The highest BCUT2D eigenvalue weighted by atomic mass is 35.5. The maximum absolute atomic E-state index is 5.93. The Morgan fingerprint density at radius 2 is 2.31 bits per heavy atom. The Labute approximate surface area is 80.8 Å². The summed E-state index contributed by atoms with van der Waals surface area (Å²) in [4.78, 5) is 4.15. The molecule has 1 N–H and O–H groups in total. The van der Waals surface area contributed by atoms with E-state index in [2.05, 4.69) is 15.2 Å². The van der Waals surface area contributed by atoms with Crippen molar-refractivity contribution in [3.63, 3.8) is 0 Å². The van der Waals surface area contributed by atoms with Crippen LogP contribution in [-0.2, 0) is 0 Å². The molecular weight excluding hydrogens is 186 g/mol. The third-order valence-corrected chi connectivity index (χ3v) is 2.22. The smallest absolute Gasteiger partial charge is 0.0666 e. The Hall–Kier alpha value is -1.35. The van der Waals surface area contributed by atoms with Crippen LogP contribution in [-0.4, -0.2) is 15.2 Å². The van der Waals surface area contributed by atoms with E-state index in [1.54, 1.807) is 12.4 Å². The van der Waals surface area contributed by atoms with Gasteiger partial charge in [0.25, 0.3) is 0 Å². The fourth-order valence-electron chi connectivity index (χ4n) is 1.07. The molecule has 0 spiro atoms. The average Bonchev–Trinajstić information content (AvgIpc) is 2.62. The Kier molecular flexibility index (Phi) is 2.02. The molecule has 0 unspecified atom stereocenters. The van der Waals surface area contributed by atoms with E-state index in [0.717, 1.165) is 17.0 Å². The lowest BCUT2D eigenvalue weighted by atomic mass is 10.2. The summed E-state index contributed by atoms with van der Waals surface area (Å²) in [6, 6.07) is 3.75. The molecule has 0 aliphatic carbocycles. The van der Waals surface area contributed by atoms with Gasteiger partial charge in [-0.25, -0.2) is 0 Å². The zero-order valence-corrected chi connectivity index (χ0v) is 7.84. The fourth-order valence-corrected chi connectivity index (χ4v) is 1.24. The minimum atomic E-state index is 0.673. The van der Waals surface area contributed by atoms with Gasteiger partial charge in [-0.1, -0.05) is 11.6 Å². The van der Waals surface area contributed by atoms with E-state index in [9.17, 15) is 0 Å². The maximum Gasteiger partial charge on any atom is 0.0666 e. The summed E-state index contributed by atoms with van der Waals surface area (Å²) in [5, 5.41) is 7.38. The number of hydrogen-bond acceptors (Lipinski definition) is 2.